The average Bonchev–Trinajstić information content (AvgIpc) is 3.25. The normalized spacial score (nSPS) is 10.5. The lowest BCUT2D eigenvalue weighted by molar-refractivity contribution is 0.102. The Labute approximate surface area is 169 Å². The van der Waals surface area contributed by atoms with Gasteiger partial charge in [0.1, 0.15) is 17.8 Å². The molecule has 0 radical (unpaired) electrons. The minimum absolute atomic E-state index is 0.203. The number of benzene rings is 1. The molecule has 0 bridgehead atoms. The first kappa shape index (κ1) is 20.1. The van der Waals surface area contributed by atoms with Gasteiger partial charge in [-0.15, -0.1) is 10.2 Å². The molecule has 3 heterocycles. The Morgan fingerprint density at radius 3 is 2.55 bits per heavy atom. The summed E-state index contributed by atoms with van der Waals surface area (Å²) in [6, 6.07) is 10.8. The monoisotopic (exact) mass is 389 g/mol. The minimum Gasteiger partial charge on any atom is -0.310 e. The van der Waals surface area contributed by atoms with Crippen molar-refractivity contribution in [1.82, 2.24) is 29.7 Å². The van der Waals surface area contributed by atoms with E-state index in [4.69, 9.17) is 0 Å². The second kappa shape index (κ2) is 9.01. The number of carbonyl (C=O) groups excluding carboxylic acids is 1. The molecule has 8 nitrogen and oxygen atoms in total. The van der Waals surface area contributed by atoms with E-state index in [0.717, 1.165) is 5.52 Å². The molecule has 0 aliphatic heterocycles. The molecule has 0 fully saturated rings. The summed E-state index contributed by atoms with van der Waals surface area (Å²) >= 11 is 0. The fourth-order valence-electron chi connectivity index (χ4n) is 2.73. The number of hydrogen-bond acceptors (Lipinski definition) is 6. The zero-order chi connectivity index (χ0) is 20.8. The van der Waals surface area contributed by atoms with Gasteiger partial charge >= 0.3 is 0 Å². The number of pyridine rings is 1. The number of amides is 1. The van der Waals surface area contributed by atoms with Crippen molar-refractivity contribution >= 4 is 22.8 Å². The number of rotatable bonds is 4. The molecule has 0 atom stereocenters. The van der Waals surface area contributed by atoms with Crippen LogP contribution in [-0.4, -0.2) is 35.6 Å². The molecule has 0 unspecified atom stereocenters. The van der Waals surface area contributed by atoms with E-state index in [2.05, 4.69) is 30.5 Å². The second-order valence-corrected chi connectivity index (χ2v) is 6.28. The summed E-state index contributed by atoms with van der Waals surface area (Å²) in [6.07, 6.45) is 4.89. The van der Waals surface area contributed by atoms with Gasteiger partial charge in [-0.2, -0.15) is 0 Å². The van der Waals surface area contributed by atoms with Gasteiger partial charge < -0.3 is 9.88 Å². The van der Waals surface area contributed by atoms with Gasteiger partial charge in [-0.25, -0.2) is 4.98 Å². The van der Waals surface area contributed by atoms with Gasteiger partial charge in [0.15, 0.2) is 5.82 Å². The molecule has 4 aromatic rings. The van der Waals surface area contributed by atoms with E-state index in [1.165, 1.54) is 0 Å². The molecule has 1 N–H and O–H groups in total. The molecule has 4 rings (SSSR count). The van der Waals surface area contributed by atoms with Crippen molar-refractivity contribution in [3.8, 4) is 11.5 Å². The lowest BCUT2D eigenvalue weighted by atomic mass is 10.2. The van der Waals surface area contributed by atoms with Crippen LogP contribution in [0.2, 0.25) is 0 Å². The summed E-state index contributed by atoms with van der Waals surface area (Å²) in [5, 5.41) is 10.9. The van der Waals surface area contributed by atoms with E-state index in [0.29, 0.717) is 28.4 Å². The third kappa shape index (κ3) is 4.43. The van der Waals surface area contributed by atoms with Gasteiger partial charge in [0, 0.05) is 24.0 Å². The van der Waals surface area contributed by atoms with Crippen LogP contribution in [-0.2, 0) is 0 Å². The topological polar surface area (TPSA) is 98.5 Å². The standard InChI is InChI=1S/C19H17N7O.C2H6/c1-12(2)26-11-22-25-18(26)15-4-3-5-17(23-15)24-19(27)13-6-7-14-16(10-13)21-9-8-20-14;1-2/h3-12H,1-2H3,(H,23,24,27);1-2H3. The Kier molecular flexibility index (Phi) is 6.23. The van der Waals surface area contributed by atoms with E-state index in [-0.39, 0.29) is 11.9 Å². The molecule has 1 amide bonds. The zero-order valence-electron chi connectivity index (χ0n) is 16.9. The van der Waals surface area contributed by atoms with E-state index >= 15 is 0 Å². The smallest absolute Gasteiger partial charge is 0.256 e. The largest absolute Gasteiger partial charge is 0.310 e. The van der Waals surface area contributed by atoms with E-state index in [9.17, 15) is 4.79 Å². The highest BCUT2D eigenvalue weighted by Gasteiger charge is 2.13. The summed E-state index contributed by atoms with van der Waals surface area (Å²) in [6.45, 7) is 8.09. The second-order valence-electron chi connectivity index (χ2n) is 6.28. The van der Waals surface area contributed by atoms with Gasteiger partial charge in [-0.3, -0.25) is 14.8 Å². The van der Waals surface area contributed by atoms with Crippen molar-refractivity contribution in [2.24, 2.45) is 0 Å². The van der Waals surface area contributed by atoms with Gasteiger partial charge in [0.25, 0.3) is 5.91 Å². The summed E-state index contributed by atoms with van der Waals surface area (Å²) in [5.41, 5.74) is 2.53. The molecule has 0 spiro atoms. The maximum Gasteiger partial charge on any atom is 0.256 e. The average molecular weight is 389 g/mol. The molecule has 3 aromatic heterocycles. The van der Waals surface area contributed by atoms with Crippen LogP contribution in [0.3, 0.4) is 0 Å². The maximum atomic E-state index is 12.6. The van der Waals surface area contributed by atoms with Gasteiger partial charge in [0.2, 0.25) is 0 Å². The summed E-state index contributed by atoms with van der Waals surface area (Å²) in [5.74, 6) is 0.828. The SMILES string of the molecule is CC.CC(C)n1cnnc1-c1cccc(NC(=O)c2ccc3nccnc3c2)n1. The Morgan fingerprint density at radius 2 is 1.79 bits per heavy atom. The molecule has 148 valence electrons. The van der Waals surface area contributed by atoms with Gasteiger partial charge in [0.05, 0.1) is 11.0 Å². The molecule has 0 saturated heterocycles. The van der Waals surface area contributed by atoms with Crippen molar-refractivity contribution < 1.29 is 4.79 Å². The molecular formula is C21H23N7O. The number of fused-ring (bicyclic) bond motifs is 1. The van der Waals surface area contributed by atoms with Crippen molar-refractivity contribution in [1.29, 1.82) is 0 Å². The van der Waals surface area contributed by atoms with E-state index in [1.807, 2.05) is 44.4 Å². The van der Waals surface area contributed by atoms with Gasteiger partial charge in [-0.1, -0.05) is 19.9 Å². The lowest BCUT2D eigenvalue weighted by Crippen LogP contribution is -2.13. The van der Waals surface area contributed by atoms with Crippen molar-refractivity contribution in [2.45, 2.75) is 33.7 Å². The van der Waals surface area contributed by atoms with Crippen LogP contribution in [0.15, 0.2) is 55.1 Å². The molecule has 0 aliphatic rings. The Balaban J connectivity index is 0.00000117. The molecular weight excluding hydrogens is 366 g/mol. The van der Waals surface area contributed by atoms with Crippen molar-refractivity contribution in [2.75, 3.05) is 5.32 Å². The lowest BCUT2D eigenvalue weighted by Gasteiger charge is -2.10. The van der Waals surface area contributed by atoms with Crippen LogP contribution < -0.4 is 5.32 Å². The number of anilines is 1. The first-order valence-corrected chi connectivity index (χ1v) is 9.51. The van der Waals surface area contributed by atoms with Crippen LogP contribution in [0.4, 0.5) is 5.82 Å². The fraction of sp³-hybridized carbons (Fsp3) is 0.238. The number of nitrogens with one attached hydrogen (secondary N) is 1. The Bertz CT molecular complexity index is 1120. The van der Waals surface area contributed by atoms with Crippen LogP contribution in [0, 0.1) is 0 Å². The van der Waals surface area contributed by atoms with Crippen molar-refractivity contribution in [3.63, 3.8) is 0 Å². The summed E-state index contributed by atoms with van der Waals surface area (Å²) in [7, 11) is 0. The van der Waals surface area contributed by atoms with E-state index < -0.39 is 0 Å². The number of nitrogens with zero attached hydrogens (tertiary/aromatic N) is 6. The number of aromatic nitrogens is 6. The Morgan fingerprint density at radius 1 is 1.03 bits per heavy atom. The summed E-state index contributed by atoms with van der Waals surface area (Å²) in [4.78, 5) is 25.5. The van der Waals surface area contributed by atoms with E-state index in [1.54, 1.807) is 43.0 Å². The molecule has 29 heavy (non-hydrogen) atoms. The highest BCUT2D eigenvalue weighted by Crippen LogP contribution is 2.20. The first-order valence-electron chi connectivity index (χ1n) is 9.51. The highest BCUT2D eigenvalue weighted by atomic mass is 16.1. The third-order valence-corrected chi connectivity index (χ3v) is 4.08. The van der Waals surface area contributed by atoms with Crippen LogP contribution >= 0.6 is 0 Å². The fourth-order valence-corrected chi connectivity index (χ4v) is 2.73. The number of hydrogen-bond donors (Lipinski definition) is 1. The predicted octanol–water partition coefficient (Wildman–Crippen LogP) is 4.14. The molecule has 0 saturated carbocycles. The maximum absolute atomic E-state index is 12.6. The molecule has 8 heteroatoms. The van der Waals surface area contributed by atoms with Crippen molar-refractivity contribution in [3.05, 3.63) is 60.7 Å². The van der Waals surface area contributed by atoms with Gasteiger partial charge in [-0.05, 0) is 44.2 Å². The molecule has 0 aliphatic carbocycles. The Hall–Kier alpha value is -3.68. The van der Waals surface area contributed by atoms with Crippen LogP contribution in [0.5, 0.6) is 0 Å². The summed E-state index contributed by atoms with van der Waals surface area (Å²) < 4.78 is 1.93. The van der Waals surface area contributed by atoms with Crippen LogP contribution in [0.25, 0.3) is 22.6 Å². The highest BCUT2D eigenvalue weighted by molar-refractivity contribution is 6.05. The number of carbonyl (C=O) groups is 1. The first-order chi connectivity index (χ1) is 14.1. The predicted molar refractivity (Wildman–Crippen MR) is 112 cm³/mol. The van der Waals surface area contributed by atoms with Crippen LogP contribution in [0.1, 0.15) is 44.1 Å². The quantitative estimate of drug-likeness (QED) is 0.563. The molecule has 1 aromatic carbocycles. The zero-order valence-corrected chi connectivity index (χ0v) is 16.9. The minimum atomic E-state index is -0.266. The third-order valence-electron chi connectivity index (χ3n) is 4.08.